The van der Waals surface area contributed by atoms with Gasteiger partial charge in [-0.1, -0.05) is 6.07 Å². The maximum atomic E-state index is 11.6. The molecule has 0 aliphatic rings. The van der Waals surface area contributed by atoms with Crippen LogP contribution in [0.2, 0.25) is 0 Å². The zero-order valence-corrected chi connectivity index (χ0v) is 9.72. The fourth-order valence-electron chi connectivity index (χ4n) is 1.24. The highest BCUT2D eigenvalue weighted by atomic mass is 16.2. The maximum Gasteiger partial charge on any atom is 0.311 e. The third-order valence-corrected chi connectivity index (χ3v) is 2.10. The minimum absolute atomic E-state index is 0.294. The molecule has 1 rings (SSSR count). The molecule has 0 atom stereocenters. The third-order valence-electron chi connectivity index (χ3n) is 2.10. The van der Waals surface area contributed by atoms with Gasteiger partial charge in [0.2, 0.25) is 0 Å². The lowest BCUT2D eigenvalue weighted by Crippen LogP contribution is -2.42. The second-order valence-electron chi connectivity index (χ2n) is 3.53. The summed E-state index contributed by atoms with van der Waals surface area (Å²) in [5.41, 5.74) is 5.96. The van der Waals surface area contributed by atoms with Gasteiger partial charge in [0.05, 0.1) is 12.2 Å². The predicted molar refractivity (Wildman–Crippen MR) is 62.8 cm³/mol. The Labute approximate surface area is 99.8 Å². The summed E-state index contributed by atoms with van der Waals surface area (Å²) in [6, 6.07) is 5.41. The Balaban J connectivity index is 2.50. The summed E-state index contributed by atoms with van der Waals surface area (Å²) in [7, 11) is 1.55. The van der Waals surface area contributed by atoms with Crippen molar-refractivity contribution >= 4 is 11.8 Å². The summed E-state index contributed by atoms with van der Waals surface area (Å²) in [5.74, 6) is -1.24. The molecule has 2 amide bonds. The second-order valence-corrected chi connectivity index (χ2v) is 3.53. The third kappa shape index (κ3) is 4.20. The molecule has 6 heteroatoms. The van der Waals surface area contributed by atoms with E-state index in [1.54, 1.807) is 25.4 Å². The van der Waals surface area contributed by atoms with E-state index >= 15 is 0 Å². The SMILES string of the molecule is CN(Cc1ccccn1)C(=O)C(=O)NCCN. The molecular weight excluding hydrogens is 220 g/mol. The second kappa shape index (κ2) is 6.59. The Kier molecular flexibility index (Phi) is 5.09. The van der Waals surface area contributed by atoms with Crippen LogP contribution in [0.25, 0.3) is 0 Å². The van der Waals surface area contributed by atoms with Gasteiger partial charge in [0, 0.05) is 26.3 Å². The van der Waals surface area contributed by atoms with Gasteiger partial charge >= 0.3 is 11.8 Å². The van der Waals surface area contributed by atoms with Gasteiger partial charge in [0.1, 0.15) is 0 Å². The molecule has 0 aliphatic carbocycles. The molecule has 0 spiro atoms. The number of hydrogen-bond acceptors (Lipinski definition) is 4. The van der Waals surface area contributed by atoms with Gasteiger partial charge in [-0.3, -0.25) is 14.6 Å². The zero-order chi connectivity index (χ0) is 12.7. The number of aromatic nitrogens is 1. The van der Waals surface area contributed by atoms with Crippen LogP contribution in [-0.4, -0.2) is 41.8 Å². The van der Waals surface area contributed by atoms with E-state index in [-0.39, 0.29) is 0 Å². The molecule has 0 bridgehead atoms. The number of nitrogens with one attached hydrogen (secondary N) is 1. The van der Waals surface area contributed by atoms with Crippen molar-refractivity contribution in [3.63, 3.8) is 0 Å². The Bertz CT molecular complexity index is 380. The van der Waals surface area contributed by atoms with Gasteiger partial charge in [-0.2, -0.15) is 0 Å². The highest BCUT2D eigenvalue weighted by molar-refractivity contribution is 6.34. The van der Waals surface area contributed by atoms with E-state index in [9.17, 15) is 9.59 Å². The van der Waals surface area contributed by atoms with Crippen molar-refractivity contribution in [2.24, 2.45) is 5.73 Å². The summed E-state index contributed by atoms with van der Waals surface area (Å²) in [5, 5.41) is 2.42. The highest BCUT2D eigenvalue weighted by Crippen LogP contribution is 1.98. The van der Waals surface area contributed by atoms with Crippen LogP contribution in [-0.2, 0) is 16.1 Å². The molecule has 0 aliphatic heterocycles. The van der Waals surface area contributed by atoms with Crippen molar-refractivity contribution in [1.29, 1.82) is 0 Å². The van der Waals surface area contributed by atoms with Gasteiger partial charge in [0.25, 0.3) is 0 Å². The standard InChI is InChI=1S/C11H16N4O2/c1-15(8-9-4-2-3-6-13-9)11(17)10(16)14-7-5-12/h2-4,6H,5,7-8,12H2,1H3,(H,14,16). The molecule has 1 heterocycles. The molecule has 0 saturated carbocycles. The summed E-state index contributed by atoms with van der Waals surface area (Å²) in [6.07, 6.45) is 1.64. The number of rotatable bonds is 4. The Morgan fingerprint density at radius 3 is 2.82 bits per heavy atom. The first kappa shape index (κ1) is 13.1. The summed E-state index contributed by atoms with van der Waals surface area (Å²) in [4.78, 5) is 28.3. The van der Waals surface area contributed by atoms with Crippen molar-refractivity contribution < 1.29 is 9.59 Å². The fourth-order valence-corrected chi connectivity index (χ4v) is 1.24. The Morgan fingerprint density at radius 1 is 1.47 bits per heavy atom. The molecule has 0 aromatic carbocycles. The number of amides is 2. The van der Waals surface area contributed by atoms with Crippen molar-refractivity contribution in [2.45, 2.75) is 6.54 Å². The average Bonchev–Trinajstić information content (AvgIpc) is 2.36. The average molecular weight is 236 g/mol. The number of nitrogens with zero attached hydrogens (tertiary/aromatic N) is 2. The number of nitrogens with two attached hydrogens (primary N) is 1. The first-order chi connectivity index (χ1) is 8.15. The van der Waals surface area contributed by atoms with Crippen LogP contribution >= 0.6 is 0 Å². The Hall–Kier alpha value is -1.95. The van der Waals surface area contributed by atoms with E-state index in [0.717, 1.165) is 5.69 Å². The first-order valence-corrected chi connectivity index (χ1v) is 5.28. The summed E-state index contributed by atoms with van der Waals surface area (Å²) < 4.78 is 0. The number of pyridine rings is 1. The van der Waals surface area contributed by atoms with E-state index in [1.165, 1.54) is 4.90 Å². The van der Waals surface area contributed by atoms with Crippen LogP contribution in [0.4, 0.5) is 0 Å². The lowest BCUT2D eigenvalue weighted by atomic mass is 10.3. The topological polar surface area (TPSA) is 88.3 Å². The lowest BCUT2D eigenvalue weighted by molar-refractivity contribution is -0.145. The van der Waals surface area contributed by atoms with E-state index in [2.05, 4.69) is 10.3 Å². The van der Waals surface area contributed by atoms with Gasteiger partial charge in [-0.25, -0.2) is 0 Å². The molecule has 1 aromatic heterocycles. The molecular formula is C11H16N4O2. The fraction of sp³-hybridized carbons (Fsp3) is 0.364. The van der Waals surface area contributed by atoms with E-state index in [0.29, 0.717) is 19.6 Å². The molecule has 3 N–H and O–H groups in total. The molecule has 0 saturated heterocycles. The predicted octanol–water partition coefficient (Wildman–Crippen LogP) is -0.885. The molecule has 0 fully saturated rings. The molecule has 0 unspecified atom stereocenters. The number of carbonyl (C=O) groups excluding carboxylic acids is 2. The molecule has 6 nitrogen and oxygen atoms in total. The van der Waals surface area contributed by atoms with Gasteiger partial charge in [-0.15, -0.1) is 0 Å². The zero-order valence-electron chi connectivity index (χ0n) is 9.72. The molecule has 92 valence electrons. The van der Waals surface area contributed by atoms with E-state index in [1.807, 2.05) is 6.07 Å². The van der Waals surface area contributed by atoms with Crippen LogP contribution < -0.4 is 11.1 Å². The first-order valence-electron chi connectivity index (χ1n) is 5.28. The normalized spacial score (nSPS) is 9.76. The minimum Gasteiger partial charge on any atom is -0.347 e. The van der Waals surface area contributed by atoms with Crippen LogP contribution in [0.3, 0.4) is 0 Å². The van der Waals surface area contributed by atoms with Crippen LogP contribution in [0.5, 0.6) is 0 Å². The van der Waals surface area contributed by atoms with Crippen LogP contribution in [0.15, 0.2) is 24.4 Å². The molecule has 1 aromatic rings. The molecule has 0 radical (unpaired) electrons. The smallest absolute Gasteiger partial charge is 0.311 e. The monoisotopic (exact) mass is 236 g/mol. The van der Waals surface area contributed by atoms with Crippen molar-refractivity contribution in [3.05, 3.63) is 30.1 Å². The quantitative estimate of drug-likeness (QED) is 0.664. The summed E-state index contributed by atoms with van der Waals surface area (Å²) >= 11 is 0. The maximum absolute atomic E-state index is 11.6. The van der Waals surface area contributed by atoms with Crippen molar-refractivity contribution in [3.8, 4) is 0 Å². The van der Waals surface area contributed by atoms with Crippen LogP contribution in [0, 0.1) is 0 Å². The highest BCUT2D eigenvalue weighted by Gasteiger charge is 2.18. The summed E-state index contributed by atoms with van der Waals surface area (Å²) in [6.45, 7) is 0.903. The number of hydrogen-bond donors (Lipinski definition) is 2. The molecule has 17 heavy (non-hydrogen) atoms. The van der Waals surface area contributed by atoms with Gasteiger partial charge in [-0.05, 0) is 12.1 Å². The van der Waals surface area contributed by atoms with E-state index in [4.69, 9.17) is 5.73 Å². The largest absolute Gasteiger partial charge is 0.347 e. The van der Waals surface area contributed by atoms with Crippen molar-refractivity contribution in [2.75, 3.05) is 20.1 Å². The van der Waals surface area contributed by atoms with E-state index < -0.39 is 11.8 Å². The lowest BCUT2D eigenvalue weighted by Gasteiger charge is -2.15. The van der Waals surface area contributed by atoms with Crippen LogP contribution in [0.1, 0.15) is 5.69 Å². The van der Waals surface area contributed by atoms with Gasteiger partial charge in [0.15, 0.2) is 0 Å². The number of likely N-dealkylation sites (N-methyl/N-ethyl adjacent to an activating group) is 1. The minimum atomic E-state index is -0.645. The number of carbonyl (C=O) groups is 2. The Morgan fingerprint density at radius 2 is 2.24 bits per heavy atom. The van der Waals surface area contributed by atoms with Crippen molar-refractivity contribution in [1.82, 2.24) is 15.2 Å². The van der Waals surface area contributed by atoms with Gasteiger partial charge < -0.3 is 16.0 Å².